The zero-order chi connectivity index (χ0) is 20.8. The van der Waals surface area contributed by atoms with Gasteiger partial charge in [-0.2, -0.15) is 0 Å². The van der Waals surface area contributed by atoms with Crippen LogP contribution in [0.5, 0.6) is 11.5 Å². The van der Waals surface area contributed by atoms with Crippen LogP contribution < -0.4 is 20.1 Å². The lowest BCUT2D eigenvalue weighted by atomic mass is 9.82. The highest BCUT2D eigenvalue weighted by Crippen LogP contribution is 2.47. The molecule has 2 aliphatic heterocycles. The molecule has 0 unspecified atom stereocenters. The maximum absolute atomic E-state index is 12.8. The fourth-order valence-corrected chi connectivity index (χ4v) is 5.10. The van der Waals surface area contributed by atoms with E-state index in [0.29, 0.717) is 30.0 Å². The van der Waals surface area contributed by atoms with Gasteiger partial charge in [0, 0.05) is 37.6 Å². The van der Waals surface area contributed by atoms with Crippen molar-refractivity contribution >= 4 is 23.5 Å². The van der Waals surface area contributed by atoms with Gasteiger partial charge in [-0.05, 0) is 37.8 Å². The molecule has 5 rings (SSSR count). The highest BCUT2D eigenvalue weighted by Gasteiger charge is 2.51. The van der Waals surface area contributed by atoms with Crippen molar-refractivity contribution in [3.8, 4) is 11.5 Å². The van der Waals surface area contributed by atoms with Gasteiger partial charge in [0.1, 0.15) is 5.54 Å². The van der Waals surface area contributed by atoms with Gasteiger partial charge in [-0.1, -0.05) is 19.3 Å². The minimum Gasteiger partial charge on any atom is -0.448 e. The molecule has 160 valence electrons. The van der Waals surface area contributed by atoms with E-state index in [9.17, 15) is 14.4 Å². The van der Waals surface area contributed by atoms with Gasteiger partial charge in [-0.25, -0.2) is 4.79 Å². The highest BCUT2D eigenvalue weighted by molar-refractivity contribution is 6.07. The molecule has 2 heterocycles. The lowest BCUT2D eigenvalue weighted by molar-refractivity contribution is -0.132. The number of hydrogen-bond donors (Lipinski definition) is 2. The van der Waals surface area contributed by atoms with E-state index in [2.05, 4.69) is 10.6 Å². The number of ether oxygens (including phenoxy) is 2. The van der Waals surface area contributed by atoms with Crippen molar-refractivity contribution in [1.29, 1.82) is 0 Å². The largest absolute Gasteiger partial charge is 0.448 e. The zero-order valence-electron chi connectivity index (χ0n) is 17.0. The topological polar surface area (TPSA) is 97.0 Å². The standard InChI is InChI=1S/C22H27N3O5/c26-18(8-13-25-19(27)21(24-20(25)28)9-2-1-3-10-21)23-15-6-7-16-17(14-15)30-22(29-16)11-4-5-12-22/h6-7,14H,1-5,8-13H2,(H,23,26)(H,24,28). The van der Waals surface area contributed by atoms with E-state index in [0.717, 1.165) is 44.9 Å². The van der Waals surface area contributed by atoms with Crippen LogP contribution in [0.15, 0.2) is 18.2 Å². The number of nitrogens with one attached hydrogen (secondary N) is 2. The molecule has 8 nitrogen and oxygen atoms in total. The van der Waals surface area contributed by atoms with E-state index >= 15 is 0 Å². The third-order valence-electron chi connectivity index (χ3n) is 6.70. The summed E-state index contributed by atoms with van der Waals surface area (Å²) in [5.74, 6) is 0.360. The maximum Gasteiger partial charge on any atom is 0.325 e. The molecule has 2 spiro atoms. The predicted octanol–water partition coefficient (Wildman–Crippen LogP) is 3.31. The van der Waals surface area contributed by atoms with Crippen LogP contribution in [0.1, 0.15) is 64.2 Å². The van der Waals surface area contributed by atoms with Gasteiger partial charge in [0.05, 0.1) is 0 Å². The van der Waals surface area contributed by atoms with Crippen molar-refractivity contribution in [2.75, 3.05) is 11.9 Å². The Bertz CT molecular complexity index is 887. The zero-order valence-corrected chi connectivity index (χ0v) is 17.0. The third-order valence-corrected chi connectivity index (χ3v) is 6.70. The number of urea groups is 1. The number of amides is 4. The Kier molecular flexibility index (Phi) is 4.60. The molecule has 1 aromatic rings. The normalized spacial score (nSPS) is 23.3. The van der Waals surface area contributed by atoms with E-state index in [1.165, 1.54) is 4.90 Å². The number of imide groups is 1. The van der Waals surface area contributed by atoms with Crippen molar-refractivity contribution in [3.05, 3.63) is 18.2 Å². The lowest BCUT2D eigenvalue weighted by Crippen LogP contribution is -2.48. The molecule has 0 atom stereocenters. The van der Waals surface area contributed by atoms with Crippen LogP contribution in [0.4, 0.5) is 10.5 Å². The van der Waals surface area contributed by atoms with Crippen LogP contribution in [0.2, 0.25) is 0 Å². The van der Waals surface area contributed by atoms with E-state index in [1.807, 2.05) is 6.07 Å². The molecular weight excluding hydrogens is 386 g/mol. The minimum atomic E-state index is -0.751. The van der Waals surface area contributed by atoms with Gasteiger partial charge in [0.2, 0.25) is 5.91 Å². The number of fused-ring (bicyclic) bond motifs is 1. The summed E-state index contributed by atoms with van der Waals surface area (Å²) in [6.45, 7) is 0.0753. The molecule has 4 aliphatic rings. The number of carbonyl (C=O) groups is 3. The van der Waals surface area contributed by atoms with Crippen molar-refractivity contribution in [2.24, 2.45) is 0 Å². The molecule has 0 radical (unpaired) electrons. The third kappa shape index (κ3) is 3.28. The van der Waals surface area contributed by atoms with Gasteiger partial charge < -0.3 is 20.1 Å². The highest BCUT2D eigenvalue weighted by atomic mass is 16.7. The van der Waals surface area contributed by atoms with Crippen LogP contribution in [0.25, 0.3) is 0 Å². The molecule has 0 bridgehead atoms. The number of anilines is 1. The first-order valence-electron chi connectivity index (χ1n) is 10.9. The van der Waals surface area contributed by atoms with Crippen LogP contribution in [0.3, 0.4) is 0 Å². The van der Waals surface area contributed by atoms with Crippen molar-refractivity contribution in [2.45, 2.75) is 75.5 Å². The molecule has 0 aromatic heterocycles. The fourth-order valence-electron chi connectivity index (χ4n) is 5.10. The summed E-state index contributed by atoms with van der Waals surface area (Å²) in [4.78, 5) is 38.7. The number of benzene rings is 1. The summed E-state index contributed by atoms with van der Waals surface area (Å²) in [5, 5.41) is 5.70. The molecule has 2 saturated carbocycles. The Labute approximate surface area is 175 Å². The van der Waals surface area contributed by atoms with Gasteiger partial charge in [-0.15, -0.1) is 0 Å². The van der Waals surface area contributed by atoms with E-state index in [1.54, 1.807) is 12.1 Å². The quantitative estimate of drug-likeness (QED) is 0.738. The molecule has 2 N–H and O–H groups in total. The average molecular weight is 413 g/mol. The smallest absolute Gasteiger partial charge is 0.325 e. The van der Waals surface area contributed by atoms with Gasteiger partial charge in [0.25, 0.3) is 11.7 Å². The van der Waals surface area contributed by atoms with E-state index < -0.39 is 11.3 Å². The Morgan fingerprint density at radius 2 is 1.70 bits per heavy atom. The average Bonchev–Trinajstić information content (AvgIpc) is 3.39. The first-order valence-corrected chi connectivity index (χ1v) is 10.9. The molecule has 1 aromatic carbocycles. The number of carbonyl (C=O) groups excluding carboxylic acids is 3. The Hall–Kier alpha value is -2.77. The van der Waals surface area contributed by atoms with Crippen LogP contribution in [0, 0.1) is 0 Å². The summed E-state index contributed by atoms with van der Waals surface area (Å²) in [6, 6.07) is 4.96. The van der Waals surface area contributed by atoms with Crippen LogP contribution in [-0.4, -0.2) is 40.6 Å². The summed E-state index contributed by atoms with van der Waals surface area (Å²) >= 11 is 0. The molecule has 1 saturated heterocycles. The monoisotopic (exact) mass is 413 g/mol. The fraction of sp³-hybridized carbons (Fsp3) is 0.591. The Morgan fingerprint density at radius 1 is 1.00 bits per heavy atom. The van der Waals surface area contributed by atoms with E-state index in [-0.39, 0.29) is 30.8 Å². The molecule has 2 aliphatic carbocycles. The molecule has 8 heteroatoms. The summed E-state index contributed by atoms with van der Waals surface area (Å²) in [6.07, 6.45) is 8.28. The SMILES string of the molecule is O=C(CCN1C(=O)NC2(CCCCC2)C1=O)Nc1ccc2c(c1)OC1(CCCC1)O2. The number of hydrogen-bond acceptors (Lipinski definition) is 5. The molecular formula is C22H27N3O5. The first-order chi connectivity index (χ1) is 14.5. The van der Waals surface area contributed by atoms with E-state index in [4.69, 9.17) is 9.47 Å². The number of rotatable bonds is 4. The summed E-state index contributed by atoms with van der Waals surface area (Å²) in [7, 11) is 0. The predicted molar refractivity (Wildman–Crippen MR) is 108 cm³/mol. The van der Waals surface area contributed by atoms with Gasteiger partial charge in [-0.3, -0.25) is 14.5 Å². The first kappa shape index (κ1) is 19.2. The second kappa shape index (κ2) is 7.18. The molecule has 30 heavy (non-hydrogen) atoms. The molecule has 3 fully saturated rings. The second-order valence-corrected chi connectivity index (χ2v) is 8.81. The van der Waals surface area contributed by atoms with Crippen LogP contribution >= 0.6 is 0 Å². The summed E-state index contributed by atoms with van der Waals surface area (Å²) in [5.41, 5.74) is -0.141. The number of nitrogens with zero attached hydrogens (tertiary/aromatic N) is 1. The second-order valence-electron chi connectivity index (χ2n) is 8.81. The summed E-state index contributed by atoms with van der Waals surface area (Å²) < 4.78 is 12.0. The van der Waals surface area contributed by atoms with Gasteiger partial charge in [0.15, 0.2) is 11.5 Å². The van der Waals surface area contributed by atoms with Crippen molar-refractivity contribution in [1.82, 2.24) is 10.2 Å². The van der Waals surface area contributed by atoms with Gasteiger partial charge >= 0.3 is 6.03 Å². The lowest BCUT2D eigenvalue weighted by Gasteiger charge is -2.30. The minimum absolute atomic E-state index is 0.0492. The Morgan fingerprint density at radius 3 is 2.47 bits per heavy atom. The van der Waals surface area contributed by atoms with Crippen molar-refractivity contribution in [3.63, 3.8) is 0 Å². The van der Waals surface area contributed by atoms with Crippen LogP contribution in [-0.2, 0) is 9.59 Å². The molecule has 4 amide bonds. The Balaban J connectivity index is 1.18. The van der Waals surface area contributed by atoms with Crippen molar-refractivity contribution < 1.29 is 23.9 Å². The maximum atomic E-state index is 12.8.